The van der Waals surface area contributed by atoms with Gasteiger partial charge in [0.25, 0.3) is 0 Å². The molecule has 11 heteroatoms. The van der Waals surface area contributed by atoms with Crippen LogP contribution in [-0.2, 0) is 21.4 Å². The smallest absolute Gasteiger partial charge is 0.238 e. The molecule has 0 atom stereocenters. The van der Waals surface area contributed by atoms with Gasteiger partial charge in [0.2, 0.25) is 15.9 Å². The number of primary sulfonamides is 1. The number of sulfonamides is 1. The van der Waals surface area contributed by atoms with Gasteiger partial charge in [-0.1, -0.05) is 23.9 Å². The molecule has 0 aliphatic carbocycles. The first kappa shape index (κ1) is 20.8. The quantitative estimate of drug-likeness (QED) is 0.412. The topological polar surface area (TPSA) is 133 Å². The number of amides is 1. The SMILES string of the molecule is C=CCn1c(SCC(=O)Nc2cccc(S(N)(=O)=O)c2)nnc1-c1ccoc1C. The summed E-state index contributed by atoms with van der Waals surface area (Å²) in [7, 11) is -3.85. The minimum absolute atomic E-state index is 0.0548. The van der Waals surface area contributed by atoms with Crippen molar-refractivity contribution in [1.29, 1.82) is 0 Å². The van der Waals surface area contributed by atoms with Crippen molar-refractivity contribution in [1.82, 2.24) is 14.8 Å². The molecule has 0 aliphatic rings. The van der Waals surface area contributed by atoms with Gasteiger partial charge in [-0.3, -0.25) is 9.36 Å². The number of nitrogens with two attached hydrogens (primary N) is 1. The number of nitrogens with one attached hydrogen (secondary N) is 1. The van der Waals surface area contributed by atoms with Crippen LogP contribution in [0.2, 0.25) is 0 Å². The number of nitrogens with zero attached hydrogens (tertiary/aromatic N) is 3. The maximum Gasteiger partial charge on any atom is 0.238 e. The van der Waals surface area contributed by atoms with Gasteiger partial charge in [-0.25, -0.2) is 13.6 Å². The third-order valence-corrected chi connectivity index (χ3v) is 5.78. The van der Waals surface area contributed by atoms with E-state index in [4.69, 9.17) is 9.56 Å². The zero-order valence-corrected chi connectivity index (χ0v) is 17.2. The van der Waals surface area contributed by atoms with Crippen LogP contribution < -0.4 is 10.5 Å². The molecule has 3 aromatic rings. The summed E-state index contributed by atoms with van der Waals surface area (Å²) in [4.78, 5) is 12.2. The molecule has 0 spiro atoms. The number of anilines is 1. The molecule has 0 aliphatic heterocycles. The van der Waals surface area contributed by atoms with Crippen LogP contribution in [0.4, 0.5) is 5.69 Å². The molecule has 9 nitrogen and oxygen atoms in total. The second-order valence-corrected chi connectivity index (χ2v) is 8.51. The molecule has 3 N–H and O–H groups in total. The van der Waals surface area contributed by atoms with E-state index in [2.05, 4.69) is 22.1 Å². The Morgan fingerprint density at radius 3 is 2.83 bits per heavy atom. The minimum atomic E-state index is -3.85. The van der Waals surface area contributed by atoms with E-state index in [1.54, 1.807) is 24.5 Å². The number of benzene rings is 1. The molecule has 0 fully saturated rings. The van der Waals surface area contributed by atoms with Gasteiger partial charge in [-0.2, -0.15) is 0 Å². The maximum atomic E-state index is 12.3. The standard InChI is InChI=1S/C18H19N5O4S2/c1-3-8-23-17(15-7-9-27-12(15)2)21-22-18(23)28-11-16(24)20-13-5-4-6-14(10-13)29(19,25)26/h3-7,9-10H,1,8,11H2,2H3,(H,20,24)(H2,19,25,26). The van der Waals surface area contributed by atoms with Crippen molar-refractivity contribution in [3.63, 3.8) is 0 Å². The number of carbonyl (C=O) groups is 1. The molecule has 0 unspecified atom stereocenters. The van der Waals surface area contributed by atoms with E-state index in [0.717, 1.165) is 5.56 Å². The molecule has 152 valence electrons. The predicted molar refractivity (Wildman–Crippen MR) is 110 cm³/mol. The highest BCUT2D eigenvalue weighted by Gasteiger charge is 2.18. The van der Waals surface area contributed by atoms with E-state index < -0.39 is 10.0 Å². The summed E-state index contributed by atoms with van der Waals surface area (Å²) < 4.78 is 30.0. The Balaban J connectivity index is 1.72. The number of aryl methyl sites for hydroxylation is 1. The van der Waals surface area contributed by atoms with Gasteiger partial charge in [0, 0.05) is 12.2 Å². The average Bonchev–Trinajstić information content (AvgIpc) is 3.25. The van der Waals surface area contributed by atoms with Crippen molar-refractivity contribution in [3.8, 4) is 11.4 Å². The second kappa shape index (κ2) is 8.64. The summed E-state index contributed by atoms with van der Waals surface area (Å²) in [6, 6.07) is 7.55. The van der Waals surface area contributed by atoms with Crippen LogP contribution in [0.5, 0.6) is 0 Å². The van der Waals surface area contributed by atoms with Crippen molar-refractivity contribution in [3.05, 3.63) is 55.0 Å². The molecule has 3 rings (SSSR count). The van der Waals surface area contributed by atoms with Crippen molar-refractivity contribution in [2.75, 3.05) is 11.1 Å². The van der Waals surface area contributed by atoms with E-state index in [-0.39, 0.29) is 16.6 Å². The number of rotatable bonds is 8. The molecule has 2 aromatic heterocycles. The zero-order valence-electron chi connectivity index (χ0n) is 15.5. The maximum absolute atomic E-state index is 12.3. The van der Waals surface area contributed by atoms with Gasteiger partial charge in [0.1, 0.15) is 5.76 Å². The summed E-state index contributed by atoms with van der Waals surface area (Å²) in [5.41, 5.74) is 1.15. The van der Waals surface area contributed by atoms with Crippen molar-refractivity contribution in [2.45, 2.75) is 23.5 Å². The first-order valence-electron chi connectivity index (χ1n) is 8.43. The highest BCUT2D eigenvalue weighted by molar-refractivity contribution is 7.99. The fourth-order valence-corrected chi connectivity index (χ4v) is 3.89. The summed E-state index contributed by atoms with van der Waals surface area (Å²) in [6.07, 6.45) is 3.29. The van der Waals surface area contributed by atoms with Crippen LogP contribution in [0.3, 0.4) is 0 Å². The molecule has 29 heavy (non-hydrogen) atoms. The van der Waals surface area contributed by atoms with Crippen molar-refractivity contribution < 1.29 is 17.6 Å². The summed E-state index contributed by atoms with van der Waals surface area (Å²) in [5, 5.41) is 16.7. The predicted octanol–water partition coefficient (Wildman–Crippen LogP) is 2.41. The number of aromatic nitrogens is 3. The van der Waals surface area contributed by atoms with Gasteiger partial charge in [0.05, 0.1) is 22.5 Å². The summed E-state index contributed by atoms with van der Waals surface area (Å²) in [5.74, 6) is 1.07. The first-order valence-corrected chi connectivity index (χ1v) is 11.0. The largest absolute Gasteiger partial charge is 0.469 e. The Hall–Kier alpha value is -2.89. The van der Waals surface area contributed by atoms with Crippen LogP contribution in [0, 0.1) is 6.92 Å². The highest BCUT2D eigenvalue weighted by Crippen LogP contribution is 2.27. The van der Waals surface area contributed by atoms with Crippen LogP contribution in [0.15, 0.2) is 63.7 Å². The van der Waals surface area contributed by atoms with Gasteiger partial charge >= 0.3 is 0 Å². The number of carbonyl (C=O) groups excluding carboxylic acids is 1. The lowest BCUT2D eigenvalue weighted by atomic mass is 10.2. The first-order chi connectivity index (χ1) is 13.8. The summed E-state index contributed by atoms with van der Waals surface area (Å²) >= 11 is 1.20. The number of hydrogen-bond acceptors (Lipinski definition) is 7. The molecular formula is C18H19N5O4S2. The molecule has 0 saturated heterocycles. The lowest BCUT2D eigenvalue weighted by Gasteiger charge is -2.08. The number of furan rings is 1. The third-order valence-electron chi connectivity index (χ3n) is 3.91. The van der Waals surface area contributed by atoms with Crippen LogP contribution in [-0.4, -0.2) is 34.8 Å². The van der Waals surface area contributed by atoms with Gasteiger partial charge < -0.3 is 9.73 Å². The fourth-order valence-electron chi connectivity index (χ4n) is 2.58. The molecule has 1 aromatic carbocycles. The normalized spacial score (nSPS) is 11.4. The Morgan fingerprint density at radius 1 is 1.38 bits per heavy atom. The lowest BCUT2D eigenvalue weighted by Crippen LogP contribution is -2.16. The van der Waals surface area contributed by atoms with E-state index in [1.165, 1.54) is 30.0 Å². The van der Waals surface area contributed by atoms with Crippen LogP contribution in [0.1, 0.15) is 5.76 Å². The second-order valence-electron chi connectivity index (χ2n) is 6.01. The van der Waals surface area contributed by atoms with Crippen molar-refractivity contribution in [2.24, 2.45) is 5.14 Å². The molecular weight excluding hydrogens is 414 g/mol. The summed E-state index contributed by atoms with van der Waals surface area (Å²) in [6.45, 7) is 6.05. The van der Waals surface area contributed by atoms with Gasteiger partial charge in [-0.15, -0.1) is 16.8 Å². The molecule has 0 radical (unpaired) electrons. The molecule has 0 bridgehead atoms. The zero-order chi connectivity index (χ0) is 21.0. The number of allylic oxidation sites excluding steroid dienone is 1. The molecule has 2 heterocycles. The third kappa shape index (κ3) is 4.94. The Morgan fingerprint density at radius 2 is 2.17 bits per heavy atom. The Bertz CT molecular complexity index is 1150. The molecule has 0 saturated carbocycles. The van der Waals surface area contributed by atoms with E-state index in [9.17, 15) is 13.2 Å². The fraction of sp³-hybridized carbons (Fsp3) is 0.167. The molecule has 1 amide bonds. The Labute approximate surface area is 172 Å². The average molecular weight is 434 g/mol. The van der Waals surface area contributed by atoms with Crippen LogP contribution >= 0.6 is 11.8 Å². The van der Waals surface area contributed by atoms with E-state index in [0.29, 0.717) is 29.0 Å². The van der Waals surface area contributed by atoms with Crippen molar-refractivity contribution >= 4 is 33.4 Å². The Kier molecular flexibility index (Phi) is 6.20. The van der Waals surface area contributed by atoms with E-state index >= 15 is 0 Å². The lowest BCUT2D eigenvalue weighted by molar-refractivity contribution is -0.113. The van der Waals surface area contributed by atoms with Gasteiger partial charge in [-0.05, 0) is 31.2 Å². The highest BCUT2D eigenvalue weighted by atomic mass is 32.2. The van der Waals surface area contributed by atoms with Crippen LogP contribution in [0.25, 0.3) is 11.4 Å². The number of thioether (sulfide) groups is 1. The van der Waals surface area contributed by atoms with E-state index in [1.807, 2.05) is 11.5 Å². The minimum Gasteiger partial charge on any atom is -0.469 e. The van der Waals surface area contributed by atoms with Gasteiger partial charge in [0.15, 0.2) is 11.0 Å². The monoisotopic (exact) mass is 433 g/mol. The number of hydrogen-bond donors (Lipinski definition) is 2.